The topological polar surface area (TPSA) is 51.2 Å². The van der Waals surface area contributed by atoms with Crippen molar-refractivity contribution in [1.82, 2.24) is 9.80 Å². The van der Waals surface area contributed by atoms with Crippen LogP contribution in [0.25, 0.3) is 0 Å². The highest BCUT2D eigenvalue weighted by atomic mass is 16.6. The Balaban J connectivity index is 1.62. The Morgan fingerprint density at radius 2 is 2.03 bits per heavy atom. The third-order valence-corrected chi connectivity index (χ3v) is 9.65. The molecule has 6 heteroatoms. The van der Waals surface area contributed by atoms with Gasteiger partial charge < -0.3 is 24.0 Å². The van der Waals surface area contributed by atoms with Gasteiger partial charge in [0.05, 0.1) is 18.4 Å². The quantitative estimate of drug-likeness (QED) is 0.662. The van der Waals surface area contributed by atoms with Gasteiger partial charge in [0.25, 0.3) is 0 Å². The molecule has 1 saturated heterocycles. The van der Waals surface area contributed by atoms with E-state index in [9.17, 15) is 4.79 Å². The fraction of sp³-hybridized carbons (Fsp3) is 0.654. The zero-order chi connectivity index (χ0) is 22.5. The van der Waals surface area contributed by atoms with Crippen molar-refractivity contribution >= 4 is 5.91 Å². The van der Waals surface area contributed by atoms with E-state index in [1.54, 1.807) is 14.2 Å². The van der Waals surface area contributed by atoms with E-state index in [0.717, 1.165) is 37.3 Å². The maximum atomic E-state index is 13.9. The van der Waals surface area contributed by atoms with Crippen LogP contribution in [0.5, 0.6) is 11.5 Å². The highest BCUT2D eigenvalue weighted by Crippen LogP contribution is 2.74. The Hall–Kier alpha value is -2.05. The number of hydrogen-bond acceptors (Lipinski definition) is 5. The molecule has 1 saturated carbocycles. The average molecular weight is 439 g/mol. The zero-order valence-corrected chi connectivity index (χ0v) is 19.8. The molecule has 4 bridgehead atoms. The molecule has 6 atom stereocenters. The molecule has 2 fully saturated rings. The minimum atomic E-state index is -0.777. The number of likely N-dealkylation sites (tertiary alicyclic amines) is 1. The summed E-state index contributed by atoms with van der Waals surface area (Å²) in [6.07, 6.45) is 7.15. The van der Waals surface area contributed by atoms with E-state index < -0.39 is 5.60 Å². The summed E-state index contributed by atoms with van der Waals surface area (Å²) in [5, 5.41) is 0. The molecule has 1 amide bonds. The van der Waals surface area contributed by atoms with Crippen LogP contribution in [0.3, 0.4) is 0 Å². The molecule has 6 unspecified atom stereocenters. The SMILES string of the molecule is CCN(CC)C(=O)C1CC23C=CC1(OC)C1Oc4c(OC)ccc5c4C12CCN(C)C3C5. The summed E-state index contributed by atoms with van der Waals surface area (Å²) in [6.45, 7) is 6.55. The maximum absolute atomic E-state index is 13.9. The molecule has 2 spiro atoms. The van der Waals surface area contributed by atoms with Gasteiger partial charge in [-0.3, -0.25) is 4.79 Å². The van der Waals surface area contributed by atoms with Gasteiger partial charge in [0.2, 0.25) is 5.91 Å². The van der Waals surface area contributed by atoms with Gasteiger partial charge in [-0.2, -0.15) is 0 Å². The summed E-state index contributed by atoms with van der Waals surface area (Å²) in [6, 6.07) is 4.62. The van der Waals surface area contributed by atoms with Crippen molar-refractivity contribution in [2.24, 2.45) is 11.3 Å². The van der Waals surface area contributed by atoms with Gasteiger partial charge in [-0.1, -0.05) is 18.2 Å². The molecular weight excluding hydrogens is 404 g/mol. The van der Waals surface area contributed by atoms with Crippen molar-refractivity contribution in [2.45, 2.75) is 56.3 Å². The van der Waals surface area contributed by atoms with Crippen LogP contribution in [0.2, 0.25) is 0 Å². The first-order valence-corrected chi connectivity index (χ1v) is 12.1. The van der Waals surface area contributed by atoms with E-state index in [1.165, 1.54) is 11.1 Å². The smallest absolute Gasteiger partial charge is 0.229 e. The first-order valence-electron chi connectivity index (χ1n) is 12.1. The van der Waals surface area contributed by atoms with Crippen molar-refractivity contribution in [1.29, 1.82) is 0 Å². The van der Waals surface area contributed by atoms with Crippen LogP contribution in [0.1, 0.15) is 37.8 Å². The molecule has 7 rings (SSSR count). The highest BCUT2D eigenvalue weighted by molar-refractivity contribution is 5.83. The normalized spacial score (nSPS) is 40.1. The van der Waals surface area contributed by atoms with Gasteiger partial charge in [-0.25, -0.2) is 0 Å². The summed E-state index contributed by atoms with van der Waals surface area (Å²) in [4.78, 5) is 18.4. The van der Waals surface area contributed by atoms with E-state index in [-0.39, 0.29) is 28.8 Å². The molecule has 0 N–H and O–H groups in total. The summed E-state index contributed by atoms with van der Waals surface area (Å²) in [7, 11) is 5.71. The standard InChI is InChI=1S/C26H34N2O4/c1-6-28(7-2)22(29)17-15-24-10-11-26(17,31-5)23-25(24)12-13-27(3)19(24)14-16-8-9-18(30-4)21(32-23)20(16)25/h8-11,17,19,23H,6-7,12-15H2,1-5H3. The molecule has 0 aromatic heterocycles. The van der Waals surface area contributed by atoms with E-state index in [0.29, 0.717) is 19.1 Å². The predicted molar refractivity (Wildman–Crippen MR) is 121 cm³/mol. The molecular formula is C26H34N2O4. The summed E-state index contributed by atoms with van der Waals surface area (Å²) in [5.74, 6) is 1.60. The van der Waals surface area contributed by atoms with Gasteiger partial charge in [-0.15, -0.1) is 0 Å². The number of likely N-dealkylation sites (N-methyl/N-ethyl adjacent to an activating group) is 1. The molecule has 2 aliphatic heterocycles. The number of hydrogen-bond donors (Lipinski definition) is 0. The van der Waals surface area contributed by atoms with Crippen LogP contribution in [-0.4, -0.2) is 74.4 Å². The minimum absolute atomic E-state index is 0.150. The third kappa shape index (κ3) is 1.99. The predicted octanol–water partition coefficient (Wildman–Crippen LogP) is 2.78. The lowest BCUT2D eigenvalue weighted by atomic mass is 9.37. The first kappa shape index (κ1) is 20.5. The molecule has 4 aliphatic carbocycles. The molecule has 1 aromatic rings. The monoisotopic (exact) mass is 438 g/mol. The fourth-order valence-electron chi connectivity index (χ4n) is 8.24. The van der Waals surface area contributed by atoms with E-state index in [1.807, 2.05) is 11.0 Å². The Morgan fingerprint density at radius 1 is 1.25 bits per heavy atom. The molecule has 172 valence electrons. The lowest BCUT2D eigenvalue weighted by molar-refractivity contribution is -0.217. The van der Waals surface area contributed by atoms with Gasteiger partial charge in [0.15, 0.2) is 11.5 Å². The molecule has 6 nitrogen and oxygen atoms in total. The molecule has 0 radical (unpaired) electrons. The Kier molecular flexibility index (Phi) is 4.18. The van der Waals surface area contributed by atoms with Gasteiger partial charge in [0, 0.05) is 37.2 Å². The second-order valence-electron chi connectivity index (χ2n) is 10.2. The molecule has 32 heavy (non-hydrogen) atoms. The number of ether oxygens (including phenoxy) is 3. The van der Waals surface area contributed by atoms with Crippen molar-refractivity contribution in [3.8, 4) is 11.5 Å². The lowest BCUT2D eigenvalue weighted by Crippen LogP contribution is -2.80. The summed E-state index contributed by atoms with van der Waals surface area (Å²) < 4.78 is 19.0. The molecule has 2 heterocycles. The number of nitrogens with zero attached hydrogens (tertiary/aromatic N) is 2. The number of benzene rings is 1. The van der Waals surface area contributed by atoms with Crippen molar-refractivity contribution in [2.75, 3.05) is 40.9 Å². The highest BCUT2D eigenvalue weighted by Gasteiger charge is 2.79. The van der Waals surface area contributed by atoms with Crippen LogP contribution in [0, 0.1) is 11.3 Å². The fourth-order valence-corrected chi connectivity index (χ4v) is 8.24. The van der Waals surface area contributed by atoms with Gasteiger partial charge in [0.1, 0.15) is 11.7 Å². The number of methoxy groups -OCH3 is 2. The number of rotatable bonds is 5. The Morgan fingerprint density at radius 3 is 2.72 bits per heavy atom. The first-order chi connectivity index (χ1) is 15.4. The number of carbonyl (C=O) groups is 1. The number of piperidine rings is 1. The average Bonchev–Trinajstić information content (AvgIpc) is 3.19. The van der Waals surface area contributed by atoms with Crippen LogP contribution < -0.4 is 9.47 Å². The third-order valence-electron chi connectivity index (χ3n) is 9.65. The second kappa shape index (κ2) is 6.51. The maximum Gasteiger partial charge on any atom is 0.229 e. The Bertz CT molecular complexity index is 1020. The summed E-state index contributed by atoms with van der Waals surface area (Å²) in [5.41, 5.74) is 1.57. The second-order valence-corrected chi connectivity index (χ2v) is 10.2. The molecule has 6 aliphatic rings. The lowest BCUT2D eigenvalue weighted by Gasteiger charge is -2.70. The Labute approximate surface area is 190 Å². The van der Waals surface area contributed by atoms with Crippen molar-refractivity contribution < 1.29 is 19.0 Å². The minimum Gasteiger partial charge on any atom is -0.493 e. The van der Waals surface area contributed by atoms with Crippen LogP contribution in [-0.2, 0) is 21.4 Å². The van der Waals surface area contributed by atoms with Gasteiger partial charge in [-0.05, 0) is 58.3 Å². The van der Waals surface area contributed by atoms with Gasteiger partial charge >= 0.3 is 0 Å². The van der Waals surface area contributed by atoms with E-state index >= 15 is 0 Å². The van der Waals surface area contributed by atoms with Crippen LogP contribution in [0.4, 0.5) is 0 Å². The van der Waals surface area contributed by atoms with E-state index in [4.69, 9.17) is 14.2 Å². The van der Waals surface area contributed by atoms with E-state index in [2.05, 4.69) is 44.0 Å². The largest absolute Gasteiger partial charge is 0.493 e. The zero-order valence-electron chi connectivity index (χ0n) is 19.8. The van der Waals surface area contributed by atoms with Crippen molar-refractivity contribution in [3.63, 3.8) is 0 Å². The van der Waals surface area contributed by atoms with Crippen LogP contribution in [0.15, 0.2) is 24.3 Å². The molecule has 1 aromatic carbocycles. The van der Waals surface area contributed by atoms with Crippen LogP contribution >= 0.6 is 0 Å². The van der Waals surface area contributed by atoms with Crippen molar-refractivity contribution in [3.05, 3.63) is 35.4 Å². The number of fused-ring (bicyclic) bond motifs is 1. The number of amides is 1. The summed E-state index contributed by atoms with van der Waals surface area (Å²) >= 11 is 0. The number of carbonyl (C=O) groups excluding carboxylic acids is 1.